The Bertz CT molecular complexity index is 533. The molecule has 2 fully saturated rings. The van der Waals surface area contributed by atoms with Crippen LogP contribution in [-0.4, -0.2) is 44.5 Å². The molecule has 1 aliphatic carbocycles. The highest BCUT2D eigenvalue weighted by atomic mass is 16.6. The highest BCUT2D eigenvalue weighted by Gasteiger charge is 2.38. The first-order valence-electron chi connectivity index (χ1n) is 6.84. The van der Waals surface area contributed by atoms with Gasteiger partial charge in [0.05, 0.1) is 4.92 Å². The predicted octanol–water partition coefficient (Wildman–Crippen LogP) is 1.00. The zero-order valence-corrected chi connectivity index (χ0v) is 11.3. The van der Waals surface area contributed by atoms with Crippen LogP contribution < -0.4 is 11.1 Å². The van der Waals surface area contributed by atoms with Crippen molar-refractivity contribution in [1.29, 1.82) is 0 Å². The molecule has 1 aromatic rings. The normalized spacial score (nSPS) is 26.6. The predicted molar refractivity (Wildman–Crippen MR) is 74.3 cm³/mol. The minimum Gasteiger partial charge on any atom is -0.378 e. The van der Waals surface area contributed by atoms with E-state index in [2.05, 4.69) is 27.1 Å². The fourth-order valence-corrected chi connectivity index (χ4v) is 2.86. The molecule has 108 valence electrons. The van der Waals surface area contributed by atoms with Crippen molar-refractivity contribution in [3.05, 3.63) is 16.3 Å². The monoisotopic (exact) mass is 278 g/mol. The molecule has 1 aromatic heterocycles. The van der Waals surface area contributed by atoms with Crippen LogP contribution in [0, 0.1) is 10.1 Å². The van der Waals surface area contributed by atoms with Crippen molar-refractivity contribution < 1.29 is 4.92 Å². The number of rotatable bonds is 4. The van der Waals surface area contributed by atoms with Gasteiger partial charge < -0.3 is 11.1 Å². The molecule has 0 radical (unpaired) electrons. The van der Waals surface area contributed by atoms with E-state index >= 15 is 0 Å². The lowest BCUT2D eigenvalue weighted by Gasteiger charge is -2.19. The van der Waals surface area contributed by atoms with Gasteiger partial charge in [0.2, 0.25) is 11.8 Å². The molecule has 0 bridgehead atoms. The standard InChI is InChI=1S/C12H18N6O2/c1-7-4-8(6-17(7)9-2-3-9)15-12-14-5-10(18(19)20)11(13)16-12/h5,7-9H,2-4,6H2,1H3,(H3,13,14,15,16). The average molecular weight is 278 g/mol. The van der Waals surface area contributed by atoms with Crippen LogP contribution in [0.2, 0.25) is 0 Å². The van der Waals surface area contributed by atoms with E-state index in [-0.39, 0.29) is 17.5 Å². The lowest BCUT2D eigenvalue weighted by atomic mass is 10.2. The number of hydrogen-bond donors (Lipinski definition) is 2. The van der Waals surface area contributed by atoms with Crippen molar-refractivity contribution in [2.45, 2.75) is 44.3 Å². The van der Waals surface area contributed by atoms with Gasteiger partial charge in [-0.3, -0.25) is 15.0 Å². The molecule has 1 saturated heterocycles. The van der Waals surface area contributed by atoms with E-state index in [9.17, 15) is 10.1 Å². The largest absolute Gasteiger partial charge is 0.378 e. The Labute approximate surface area is 116 Å². The molecular weight excluding hydrogens is 260 g/mol. The maximum Gasteiger partial charge on any atom is 0.329 e. The Balaban J connectivity index is 1.66. The molecule has 3 rings (SSSR count). The van der Waals surface area contributed by atoms with Crippen LogP contribution in [-0.2, 0) is 0 Å². The minimum absolute atomic E-state index is 0.0994. The van der Waals surface area contributed by atoms with Gasteiger partial charge in [0, 0.05) is 24.7 Å². The van der Waals surface area contributed by atoms with Gasteiger partial charge in [-0.1, -0.05) is 0 Å². The highest BCUT2D eigenvalue weighted by molar-refractivity contribution is 5.53. The van der Waals surface area contributed by atoms with Crippen LogP contribution in [0.25, 0.3) is 0 Å². The summed E-state index contributed by atoms with van der Waals surface area (Å²) in [4.78, 5) is 20.5. The van der Waals surface area contributed by atoms with Crippen molar-refractivity contribution in [2.24, 2.45) is 0 Å². The number of hydrogen-bond acceptors (Lipinski definition) is 7. The summed E-state index contributed by atoms with van der Waals surface area (Å²) in [6.45, 7) is 3.19. The molecule has 3 N–H and O–H groups in total. The second kappa shape index (κ2) is 4.86. The first-order chi connectivity index (χ1) is 9.54. The lowest BCUT2D eigenvalue weighted by Crippen LogP contribution is -2.31. The zero-order chi connectivity index (χ0) is 14.3. The zero-order valence-electron chi connectivity index (χ0n) is 11.3. The van der Waals surface area contributed by atoms with Gasteiger partial charge in [-0.25, -0.2) is 4.98 Å². The van der Waals surface area contributed by atoms with E-state index in [1.54, 1.807) is 0 Å². The summed E-state index contributed by atoms with van der Waals surface area (Å²) < 4.78 is 0. The summed E-state index contributed by atoms with van der Waals surface area (Å²) in [6.07, 6.45) is 4.76. The van der Waals surface area contributed by atoms with Crippen molar-refractivity contribution in [2.75, 3.05) is 17.6 Å². The van der Waals surface area contributed by atoms with Crippen molar-refractivity contribution in [3.63, 3.8) is 0 Å². The van der Waals surface area contributed by atoms with Crippen LogP contribution >= 0.6 is 0 Å². The Morgan fingerprint density at radius 1 is 1.55 bits per heavy atom. The summed E-state index contributed by atoms with van der Waals surface area (Å²) in [5, 5.41) is 13.9. The third-order valence-electron chi connectivity index (χ3n) is 3.97. The molecule has 2 unspecified atom stereocenters. The van der Waals surface area contributed by atoms with E-state index in [4.69, 9.17) is 5.73 Å². The topological polar surface area (TPSA) is 110 Å². The van der Waals surface area contributed by atoms with Gasteiger partial charge in [0.15, 0.2) is 0 Å². The summed E-state index contributed by atoms with van der Waals surface area (Å²) in [6, 6.07) is 1.56. The first kappa shape index (κ1) is 13.0. The van der Waals surface area contributed by atoms with Crippen LogP contribution in [0.1, 0.15) is 26.2 Å². The number of nitrogens with one attached hydrogen (secondary N) is 1. The van der Waals surface area contributed by atoms with Crippen molar-refractivity contribution >= 4 is 17.5 Å². The van der Waals surface area contributed by atoms with Gasteiger partial charge in [-0.2, -0.15) is 4.98 Å². The number of nitrogens with zero attached hydrogens (tertiary/aromatic N) is 4. The third-order valence-corrected chi connectivity index (χ3v) is 3.97. The molecule has 1 saturated carbocycles. The maximum atomic E-state index is 10.7. The lowest BCUT2D eigenvalue weighted by molar-refractivity contribution is -0.384. The van der Waals surface area contributed by atoms with E-state index in [0.29, 0.717) is 12.0 Å². The van der Waals surface area contributed by atoms with Crippen LogP contribution in [0.5, 0.6) is 0 Å². The molecule has 0 amide bonds. The number of likely N-dealkylation sites (tertiary alicyclic amines) is 1. The van der Waals surface area contributed by atoms with Crippen molar-refractivity contribution in [1.82, 2.24) is 14.9 Å². The number of nitro groups is 1. The Morgan fingerprint density at radius 2 is 2.30 bits per heavy atom. The molecule has 0 spiro atoms. The SMILES string of the molecule is CC1CC(Nc2ncc([N+](=O)[O-])c(N)n2)CN1C1CC1. The summed E-state index contributed by atoms with van der Waals surface area (Å²) in [5.74, 6) is 0.264. The molecule has 20 heavy (non-hydrogen) atoms. The van der Waals surface area contributed by atoms with Gasteiger partial charge in [0.25, 0.3) is 0 Å². The second-order valence-electron chi connectivity index (χ2n) is 5.58. The van der Waals surface area contributed by atoms with E-state index < -0.39 is 4.92 Å². The molecule has 8 nitrogen and oxygen atoms in total. The van der Waals surface area contributed by atoms with Crippen molar-refractivity contribution in [3.8, 4) is 0 Å². The smallest absolute Gasteiger partial charge is 0.329 e. The quantitative estimate of drug-likeness (QED) is 0.624. The Kier molecular flexibility index (Phi) is 3.17. The molecular formula is C12H18N6O2. The van der Waals surface area contributed by atoms with Gasteiger partial charge in [-0.15, -0.1) is 0 Å². The number of nitrogens with two attached hydrogens (primary N) is 1. The number of aromatic nitrogens is 2. The van der Waals surface area contributed by atoms with Crippen LogP contribution in [0.15, 0.2) is 6.20 Å². The third kappa shape index (κ3) is 2.51. The molecule has 2 aliphatic rings. The highest BCUT2D eigenvalue weighted by Crippen LogP contribution is 2.34. The van der Waals surface area contributed by atoms with Crippen LogP contribution in [0.3, 0.4) is 0 Å². The molecule has 1 aliphatic heterocycles. The number of anilines is 2. The van der Waals surface area contributed by atoms with Crippen LogP contribution in [0.4, 0.5) is 17.5 Å². The second-order valence-corrected chi connectivity index (χ2v) is 5.58. The fourth-order valence-electron chi connectivity index (χ4n) is 2.86. The molecule has 8 heteroatoms. The van der Waals surface area contributed by atoms with Gasteiger partial charge in [-0.05, 0) is 26.2 Å². The van der Waals surface area contributed by atoms with E-state index in [1.165, 1.54) is 12.8 Å². The number of nitrogen functional groups attached to an aromatic ring is 1. The fraction of sp³-hybridized carbons (Fsp3) is 0.667. The average Bonchev–Trinajstić information content (AvgIpc) is 3.14. The van der Waals surface area contributed by atoms with E-state index in [0.717, 1.165) is 25.2 Å². The summed E-state index contributed by atoms with van der Waals surface area (Å²) in [5.41, 5.74) is 5.31. The van der Waals surface area contributed by atoms with Gasteiger partial charge >= 0.3 is 5.69 Å². The Hall–Kier alpha value is -1.96. The maximum absolute atomic E-state index is 10.7. The minimum atomic E-state index is -0.578. The Morgan fingerprint density at radius 3 is 2.90 bits per heavy atom. The molecule has 2 atom stereocenters. The first-order valence-corrected chi connectivity index (χ1v) is 6.84. The van der Waals surface area contributed by atoms with E-state index in [1.807, 2.05) is 0 Å². The summed E-state index contributed by atoms with van der Waals surface area (Å²) >= 11 is 0. The molecule has 0 aromatic carbocycles. The molecule has 2 heterocycles. The summed E-state index contributed by atoms with van der Waals surface area (Å²) in [7, 11) is 0. The van der Waals surface area contributed by atoms with Gasteiger partial charge in [0.1, 0.15) is 6.20 Å².